The van der Waals surface area contributed by atoms with Crippen LogP contribution >= 0.6 is 0 Å². The highest BCUT2D eigenvalue weighted by Crippen LogP contribution is 2.57. The molecule has 0 bridgehead atoms. The molecule has 0 atom stereocenters. The Morgan fingerprint density at radius 1 is 0.462 bits per heavy atom. The third-order valence-corrected chi connectivity index (χ3v) is 8.32. The highest BCUT2D eigenvalue weighted by molar-refractivity contribution is 6.10. The Labute approximate surface area is 227 Å². The molecule has 6 aromatic carbocycles. The average molecular weight is 500 g/mol. The SMILES string of the molecule is Nc1cc2c(cc1-c1cccc3c1oc1ccccc13)-c1ccccc1C2(c1ccccc1)c1ccccc1. The second kappa shape index (κ2) is 8.21. The molecule has 0 saturated heterocycles. The van der Waals surface area contributed by atoms with Crippen LogP contribution in [0.25, 0.3) is 44.2 Å². The van der Waals surface area contributed by atoms with Crippen molar-refractivity contribution < 1.29 is 4.42 Å². The third kappa shape index (κ3) is 2.97. The Morgan fingerprint density at radius 3 is 1.85 bits per heavy atom. The molecule has 1 heterocycles. The fourth-order valence-electron chi connectivity index (χ4n) is 6.70. The summed E-state index contributed by atoms with van der Waals surface area (Å²) in [6.45, 7) is 0. The first kappa shape index (κ1) is 22.0. The number of furan rings is 1. The van der Waals surface area contributed by atoms with Crippen LogP contribution in [0.15, 0.2) is 144 Å². The fraction of sp³-hybridized carbons (Fsp3) is 0.0270. The number of fused-ring (bicyclic) bond motifs is 6. The van der Waals surface area contributed by atoms with Crippen molar-refractivity contribution in [1.82, 2.24) is 0 Å². The van der Waals surface area contributed by atoms with Gasteiger partial charge in [-0.25, -0.2) is 0 Å². The number of nitrogens with two attached hydrogens (primary N) is 1. The Bertz CT molecular complexity index is 1980. The predicted octanol–water partition coefficient (Wildman–Crippen LogP) is 9.20. The van der Waals surface area contributed by atoms with E-state index in [0.717, 1.165) is 38.8 Å². The van der Waals surface area contributed by atoms with E-state index in [-0.39, 0.29) is 0 Å². The van der Waals surface area contributed by atoms with Gasteiger partial charge in [-0.3, -0.25) is 0 Å². The van der Waals surface area contributed by atoms with E-state index < -0.39 is 5.41 Å². The molecule has 0 saturated carbocycles. The second-order valence-corrected chi connectivity index (χ2v) is 10.3. The highest BCUT2D eigenvalue weighted by atomic mass is 16.3. The topological polar surface area (TPSA) is 39.2 Å². The van der Waals surface area contributed by atoms with Crippen LogP contribution in [0.1, 0.15) is 22.3 Å². The maximum Gasteiger partial charge on any atom is 0.143 e. The second-order valence-electron chi connectivity index (χ2n) is 10.3. The van der Waals surface area contributed by atoms with Gasteiger partial charge in [-0.05, 0) is 51.6 Å². The Balaban J connectivity index is 1.46. The summed E-state index contributed by atoms with van der Waals surface area (Å²) in [6.07, 6.45) is 0. The van der Waals surface area contributed by atoms with Crippen LogP contribution in [0.2, 0.25) is 0 Å². The first-order valence-electron chi connectivity index (χ1n) is 13.3. The number of nitrogen functional groups attached to an aromatic ring is 1. The summed E-state index contributed by atoms with van der Waals surface area (Å²) in [6, 6.07) is 49.4. The van der Waals surface area contributed by atoms with Gasteiger partial charge >= 0.3 is 0 Å². The smallest absolute Gasteiger partial charge is 0.143 e. The summed E-state index contributed by atoms with van der Waals surface area (Å²) in [5.74, 6) is 0. The van der Waals surface area contributed by atoms with Gasteiger partial charge in [-0.1, -0.05) is 121 Å². The predicted molar refractivity (Wildman–Crippen MR) is 161 cm³/mol. The summed E-state index contributed by atoms with van der Waals surface area (Å²) >= 11 is 0. The number of anilines is 1. The minimum Gasteiger partial charge on any atom is -0.455 e. The van der Waals surface area contributed by atoms with Gasteiger partial charge in [0.25, 0.3) is 0 Å². The van der Waals surface area contributed by atoms with E-state index in [1.54, 1.807) is 0 Å². The van der Waals surface area contributed by atoms with Crippen molar-refractivity contribution >= 4 is 27.6 Å². The van der Waals surface area contributed by atoms with Gasteiger partial charge in [0.1, 0.15) is 11.2 Å². The van der Waals surface area contributed by atoms with Gasteiger partial charge in [-0.2, -0.15) is 0 Å². The lowest BCUT2D eigenvalue weighted by atomic mass is 9.67. The van der Waals surface area contributed by atoms with Crippen molar-refractivity contribution in [3.05, 3.63) is 162 Å². The van der Waals surface area contributed by atoms with Crippen LogP contribution in [-0.2, 0) is 5.41 Å². The van der Waals surface area contributed by atoms with Crippen LogP contribution in [0.3, 0.4) is 0 Å². The van der Waals surface area contributed by atoms with Crippen molar-refractivity contribution in [2.45, 2.75) is 5.41 Å². The van der Waals surface area contributed by atoms with Gasteiger partial charge in [0, 0.05) is 27.6 Å². The number of para-hydroxylation sites is 2. The van der Waals surface area contributed by atoms with E-state index in [2.05, 4.69) is 127 Å². The molecule has 8 rings (SSSR count). The van der Waals surface area contributed by atoms with Crippen LogP contribution in [0.4, 0.5) is 5.69 Å². The molecule has 0 amide bonds. The van der Waals surface area contributed by atoms with Gasteiger partial charge in [0.05, 0.1) is 5.41 Å². The normalized spacial score (nSPS) is 13.4. The van der Waals surface area contributed by atoms with Crippen molar-refractivity contribution in [3.8, 4) is 22.3 Å². The monoisotopic (exact) mass is 499 g/mol. The van der Waals surface area contributed by atoms with Crippen molar-refractivity contribution in [2.75, 3.05) is 5.73 Å². The van der Waals surface area contributed by atoms with Gasteiger partial charge in [0.2, 0.25) is 0 Å². The molecule has 0 radical (unpaired) electrons. The zero-order chi connectivity index (χ0) is 26.0. The van der Waals surface area contributed by atoms with Crippen molar-refractivity contribution in [2.24, 2.45) is 0 Å². The van der Waals surface area contributed by atoms with Crippen LogP contribution < -0.4 is 5.73 Å². The lowest BCUT2D eigenvalue weighted by Crippen LogP contribution is -2.28. The molecule has 0 unspecified atom stereocenters. The van der Waals surface area contributed by atoms with E-state index in [1.807, 2.05) is 12.1 Å². The summed E-state index contributed by atoms with van der Waals surface area (Å²) in [4.78, 5) is 0. The third-order valence-electron chi connectivity index (χ3n) is 8.32. The number of benzene rings is 6. The molecule has 1 aromatic heterocycles. The van der Waals surface area contributed by atoms with Crippen LogP contribution in [0.5, 0.6) is 0 Å². The van der Waals surface area contributed by atoms with Gasteiger partial charge in [0.15, 0.2) is 0 Å². The standard InChI is InChI=1S/C37H25NO/c38-34-23-33-30(22-31(34)29-19-11-18-28-27-17-8-10-21-35(27)39-36(28)29)26-16-7-9-20-32(26)37(33,24-12-3-1-4-13-24)25-14-5-2-6-15-25/h1-23H,38H2. The molecule has 1 aliphatic rings. The molecule has 184 valence electrons. The van der Waals surface area contributed by atoms with Crippen LogP contribution in [0, 0.1) is 0 Å². The van der Waals surface area contributed by atoms with E-state index in [4.69, 9.17) is 10.2 Å². The zero-order valence-corrected chi connectivity index (χ0v) is 21.3. The molecule has 2 nitrogen and oxygen atoms in total. The summed E-state index contributed by atoms with van der Waals surface area (Å²) in [5.41, 5.74) is 18.4. The average Bonchev–Trinajstić information content (AvgIpc) is 3.51. The zero-order valence-electron chi connectivity index (χ0n) is 21.3. The maximum atomic E-state index is 6.98. The first-order valence-corrected chi connectivity index (χ1v) is 13.3. The summed E-state index contributed by atoms with van der Waals surface area (Å²) in [7, 11) is 0. The Hall–Kier alpha value is -5.08. The number of hydrogen-bond acceptors (Lipinski definition) is 2. The molecular weight excluding hydrogens is 474 g/mol. The Morgan fingerprint density at radius 2 is 1.08 bits per heavy atom. The van der Waals surface area contributed by atoms with Crippen molar-refractivity contribution in [1.29, 1.82) is 0 Å². The van der Waals surface area contributed by atoms with Crippen LogP contribution in [-0.4, -0.2) is 0 Å². The first-order chi connectivity index (χ1) is 19.3. The number of hydrogen-bond donors (Lipinski definition) is 1. The minimum atomic E-state index is -0.466. The van der Waals surface area contributed by atoms with Gasteiger partial charge in [-0.15, -0.1) is 0 Å². The van der Waals surface area contributed by atoms with Crippen molar-refractivity contribution in [3.63, 3.8) is 0 Å². The van der Waals surface area contributed by atoms with E-state index >= 15 is 0 Å². The molecule has 0 aliphatic heterocycles. The quantitative estimate of drug-likeness (QED) is 0.246. The summed E-state index contributed by atoms with van der Waals surface area (Å²) < 4.78 is 6.41. The maximum absolute atomic E-state index is 6.98. The highest BCUT2D eigenvalue weighted by Gasteiger charge is 2.46. The van der Waals surface area contributed by atoms with E-state index in [9.17, 15) is 0 Å². The van der Waals surface area contributed by atoms with Gasteiger partial charge < -0.3 is 10.2 Å². The molecule has 2 heteroatoms. The lowest BCUT2D eigenvalue weighted by molar-refractivity contribution is 0.670. The molecule has 2 N–H and O–H groups in total. The lowest BCUT2D eigenvalue weighted by Gasteiger charge is -2.34. The number of rotatable bonds is 3. The molecule has 7 aromatic rings. The molecule has 39 heavy (non-hydrogen) atoms. The fourth-order valence-corrected chi connectivity index (χ4v) is 6.70. The van der Waals surface area contributed by atoms with E-state index in [0.29, 0.717) is 0 Å². The molecule has 0 fully saturated rings. The molecular formula is C37H25NO. The minimum absolute atomic E-state index is 0.466. The molecule has 1 aliphatic carbocycles. The Kier molecular flexibility index (Phi) is 4.62. The van der Waals surface area contributed by atoms with E-state index in [1.165, 1.54) is 33.4 Å². The molecule has 0 spiro atoms. The largest absolute Gasteiger partial charge is 0.455 e. The summed E-state index contributed by atoms with van der Waals surface area (Å²) in [5, 5.41) is 2.22.